The molecule has 2 N–H and O–H groups in total. The highest BCUT2D eigenvalue weighted by atomic mass is 16.5. The van der Waals surface area contributed by atoms with Crippen molar-refractivity contribution in [2.75, 3.05) is 20.2 Å². The smallest absolute Gasteiger partial charge is 0.227 e. The fraction of sp³-hybridized carbons (Fsp3) is 0.304. The van der Waals surface area contributed by atoms with Gasteiger partial charge in [0.1, 0.15) is 5.75 Å². The topological polar surface area (TPSA) is 74.4 Å². The number of benzene rings is 2. The number of methoxy groups -OCH3 is 1. The molecule has 0 bridgehead atoms. The van der Waals surface area contributed by atoms with Crippen molar-refractivity contribution in [1.29, 1.82) is 0 Å². The van der Waals surface area contributed by atoms with E-state index in [2.05, 4.69) is 10.3 Å². The molecule has 6 nitrogen and oxygen atoms in total. The standard InChI is InChI=1S/C23H25N3O3/c1-15(27)25-22-14-26(13-20(22)16-7-9-18(29-2)10-8-16)23(28)11-17-12-24-21-6-4-3-5-19(17)21/h3-10,12,20,22,24H,11,13-14H2,1-2H3,(H,25,27)/t20-,22+/m0/s1. The van der Waals surface area contributed by atoms with Crippen molar-refractivity contribution in [1.82, 2.24) is 15.2 Å². The fourth-order valence-electron chi connectivity index (χ4n) is 4.16. The second-order valence-electron chi connectivity index (χ2n) is 7.52. The fourth-order valence-corrected chi connectivity index (χ4v) is 4.16. The lowest BCUT2D eigenvalue weighted by atomic mass is 9.94. The summed E-state index contributed by atoms with van der Waals surface area (Å²) in [6, 6.07) is 15.7. The van der Waals surface area contributed by atoms with Crippen LogP contribution in [0.3, 0.4) is 0 Å². The molecule has 1 aliphatic rings. The molecule has 0 spiro atoms. The third-order valence-electron chi connectivity index (χ3n) is 5.62. The van der Waals surface area contributed by atoms with E-state index < -0.39 is 0 Å². The molecule has 1 fully saturated rings. The van der Waals surface area contributed by atoms with E-state index in [1.165, 1.54) is 6.92 Å². The molecule has 2 heterocycles. The third-order valence-corrected chi connectivity index (χ3v) is 5.62. The lowest BCUT2D eigenvalue weighted by Gasteiger charge is -2.19. The van der Waals surface area contributed by atoms with Crippen LogP contribution in [0.5, 0.6) is 5.75 Å². The Balaban J connectivity index is 1.52. The first-order valence-electron chi connectivity index (χ1n) is 9.79. The van der Waals surface area contributed by atoms with E-state index in [0.29, 0.717) is 19.5 Å². The molecule has 0 aliphatic carbocycles. The van der Waals surface area contributed by atoms with Crippen molar-refractivity contribution in [3.05, 3.63) is 65.9 Å². The zero-order chi connectivity index (χ0) is 20.4. The molecule has 0 saturated carbocycles. The van der Waals surface area contributed by atoms with E-state index in [4.69, 9.17) is 4.74 Å². The van der Waals surface area contributed by atoms with Gasteiger partial charge in [-0.1, -0.05) is 30.3 Å². The molecule has 29 heavy (non-hydrogen) atoms. The number of nitrogens with zero attached hydrogens (tertiary/aromatic N) is 1. The molecule has 3 aromatic rings. The van der Waals surface area contributed by atoms with Gasteiger partial charge in [-0.05, 0) is 29.3 Å². The maximum Gasteiger partial charge on any atom is 0.227 e. The summed E-state index contributed by atoms with van der Waals surface area (Å²) in [4.78, 5) is 29.8. The molecular formula is C23H25N3O3. The van der Waals surface area contributed by atoms with Gasteiger partial charge in [0, 0.05) is 43.0 Å². The summed E-state index contributed by atoms with van der Waals surface area (Å²) in [5.41, 5.74) is 3.12. The summed E-state index contributed by atoms with van der Waals surface area (Å²) in [7, 11) is 1.63. The van der Waals surface area contributed by atoms with Crippen LogP contribution in [0, 0.1) is 0 Å². The highest BCUT2D eigenvalue weighted by Crippen LogP contribution is 2.30. The number of hydrogen-bond acceptors (Lipinski definition) is 3. The van der Waals surface area contributed by atoms with Crippen molar-refractivity contribution >= 4 is 22.7 Å². The van der Waals surface area contributed by atoms with Crippen LogP contribution in [0.15, 0.2) is 54.7 Å². The summed E-state index contributed by atoms with van der Waals surface area (Å²) >= 11 is 0. The van der Waals surface area contributed by atoms with Crippen molar-refractivity contribution in [2.45, 2.75) is 25.3 Å². The minimum atomic E-state index is -0.104. The Morgan fingerprint density at radius 1 is 1.14 bits per heavy atom. The SMILES string of the molecule is COc1ccc([C@@H]2CN(C(=O)Cc3c[nH]c4ccccc34)C[C@H]2NC(C)=O)cc1. The normalized spacial score (nSPS) is 18.8. The van der Waals surface area contributed by atoms with E-state index in [9.17, 15) is 9.59 Å². The molecule has 2 aromatic carbocycles. The van der Waals surface area contributed by atoms with Crippen LogP contribution in [0.2, 0.25) is 0 Å². The van der Waals surface area contributed by atoms with Gasteiger partial charge in [-0.15, -0.1) is 0 Å². The molecule has 4 rings (SSSR count). The Morgan fingerprint density at radius 3 is 2.62 bits per heavy atom. The Morgan fingerprint density at radius 2 is 1.90 bits per heavy atom. The Kier molecular flexibility index (Phi) is 5.25. The number of rotatable bonds is 5. The van der Waals surface area contributed by atoms with Gasteiger partial charge < -0.3 is 19.9 Å². The Labute approximate surface area is 169 Å². The quantitative estimate of drug-likeness (QED) is 0.702. The molecule has 6 heteroatoms. The summed E-state index contributed by atoms with van der Waals surface area (Å²) in [5, 5.41) is 4.10. The molecule has 2 atom stereocenters. The second-order valence-corrected chi connectivity index (χ2v) is 7.52. The summed E-state index contributed by atoms with van der Waals surface area (Å²) in [6.45, 7) is 2.61. The number of H-pyrrole nitrogens is 1. The van der Waals surface area contributed by atoms with Crippen molar-refractivity contribution in [3.8, 4) is 5.75 Å². The largest absolute Gasteiger partial charge is 0.497 e. The number of aromatic amines is 1. The number of nitrogens with one attached hydrogen (secondary N) is 2. The van der Waals surface area contributed by atoms with Gasteiger partial charge in [0.25, 0.3) is 0 Å². The minimum absolute atomic E-state index is 0.0525. The van der Waals surface area contributed by atoms with Crippen LogP contribution in [0.4, 0.5) is 0 Å². The zero-order valence-corrected chi connectivity index (χ0v) is 16.6. The van der Waals surface area contributed by atoms with Crippen molar-refractivity contribution in [2.24, 2.45) is 0 Å². The predicted octanol–water partition coefficient (Wildman–Crippen LogP) is 2.85. The molecule has 150 valence electrons. The number of amides is 2. The molecule has 1 saturated heterocycles. The summed E-state index contributed by atoms with van der Waals surface area (Å²) in [5.74, 6) is 0.826. The molecule has 2 amide bonds. The zero-order valence-electron chi connectivity index (χ0n) is 16.6. The van der Waals surface area contributed by atoms with Crippen LogP contribution in [-0.2, 0) is 16.0 Å². The molecule has 0 unspecified atom stereocenters. The second kappa shape index (κ2) is 7.99. The third kappa shape index (κ3) is 3.97. The van der Waals surface area contributed by atoms with Gasteiger partial charge in [0.05, 0.1) is 19.6 Å². The van der Waals surface area contributed by atoms with Crippen LogP contribution in [0.1, 0.15) is 24.0 Å². The molecule has 0 radical (unpaired) electrons. The highest BCUT2D eigenvalue weighted by molar-refractivity contribution is 5.89. The van der Waals surface area contributed by atoms with Gasteiger partial charge in [0.2, 0.25) is 11.8 Å². The summed E-state index contributed by atoms with van der Waals surface area (Å²) in [6.07, 6.45) is 2.25. The summed E-state index contributed by atoms with van der Waals surface area (Å²) < 4.78 is 5.24. The van der Waals surface area contributed by atoms with E-state index in [0.717, 1.165) is 27.8 Å². The molecule has 1 aromatic heterocycles. The lowest BCUT2D eigenvalue weighted by molar-refractivity contribution is -0.129. The monoisotopic (exact) mass is 391 g/mol. The number of ether oxygens (including phenoxy) is 1. The van der Waals surface area contributed by atoms with Gasteiger partial charge in [-0.25, -0.2) is 0 Å². The van der Waals surface area contributed by atoms with Crippen LogP contribution in [-0.4, -0.2) is 47.9 Å². The van der Waals surface area contributed by atoms with Crippen LogP contribution in [0.25, 0.3) is 10.9 Å². The average Bonchev–Trinajstić information content (AvgIpc) is 3.32. The van der Waals surface area contributed by atoms with Gasteiger partial charge in [0.15, 0.2) is 0 Å². The maximum atomic E-state index is 13.0. The number of likely N-dealkylation sites (tertiary alicyclic amines) is 1. The Bertz CT molecular complexity index is 1030. The number of fused-ring (bicyclic) bond motifs is 1. The first-order valence-corrected chi connectivity index (χ1v) is 9.79. The van der Waals surface area contributed by atoms with E-state index in [-0.39, 0.29) is 23.8 Å². The van der Waals surface area contributed by atoms with Gasteiger partial charge in [-0.2, -0.15) is 0 Å². The first-order chi connectivity index (χ1) is 14.0. The van der Waals surface area contributed by atoms with Crippen LogP contribution < -0.4 is 10.1 Å². The van der Waals surface area contributed by atoms with Gasteiger partial charge in [-0.3, -0.25) is 9.59 Å². The number of carbonyl (C=O) groups is 2. The van der Waals surface area contributed by atoms with Crippen molar-refractivity contribution < 1.29 is 14.3 Å². The Hall–Kier alpha value is -3.28. The van der Waals surface area contributed by atoms with Gasteiger partial charge >= 0.3 is 0 Å². The molecular weight excluding hydrogens is 366 g/mol. The number of para-hydroxylation sites is 1. The highest BCUT2D eigenvalue weighted by Gasteiger charge is 2.36. The lowest BCUT2D eigenvalue weighted by Crippen LogP contribution is -2.39. The van der Waals surface area contributed by atoms with E-state index >= 15 is 0 Å². The maximum absolute atomic E-state index is 13.0. The van der Waals surface area contributed by atoms with E-state index in [1.807, 2.05) is 59.6 Å². The molecule has 1 aliphatic heterocycles. The van der Waals surface area contributed by atoms with Crippen LogP contribution >= 0.6 is 0 Å². The number of aromatic nitrogens is 1. The predicted molar refractivity (Wildman–Crippen MR) is 112 cm³/mol. The minimum Gasteiger partial charge on any atom is -0.497 e. The van der Waals surface area contributed by atoms with Crippen molar-refractivity contribution in [3.63, 3.8) is 0 Å². The first kappa shape index (κ1) is 19.1. The average molecular weight is 391 g/mol. The number of hydrogen-bond donors (Lipinski definition) is 2. The number of carbonyl (C=O) groups excluding carboxylic acids is 2. The van der Waals surface area contributed by atoms with E-state index in [1.54, 1.807) is 7.11 Å².